The van der Waals surface area contributed by atoms with Gasteiger partial charge in [0.25, 0.3) is 0 Å². The van der Waals surface area contributed by atoms with Crippen LogP contribution in [-0.2, 0) is 6.18 Å². The molecule has 7 heteroatoms. The van der Waals surface area contributed by atoms with Crippen molar-refractivity contribution >= 4 is 0 Å². The minimum atomic E-state index is -4.52. The van der Waals surface area contributed by atoms with Crippen LogP contribution in [0, 0.1) is 0 Å². The molecule has 1 N–H and O–H groups in total. The second-order valence-corrected chi connectivity index (χ2v) is 4.12. The molecule has 2 heterocycles. The predicted molar refractivity (Wildman–Crippen MR) is 66.1 cm³/mol. The van der Waals surface area contributed by atoms with Gasteiger partial charge in [-0.05, 0) is 18.2 Å². The maximum absolute atomic E-state index is 13.3. The van der Waals surface area contributed by atoms with Crippen molar-refractivity contribution in [2.24, 2.45) is 0 Å². The summed E-state index contributed by atoms with van der Waals surface area (Å²) in [5, 5.41) is 10.1. The maximum Gasteiger partial charge on any atom is 0.434 e. The number of hydrogen-bond donors (Lipinski definition) is 1. The Kier molecular flexibility index (Phi) is 2.81. The molecule has 2 aromatic heterocycles. The van der Waals surface area contributed by atoms with Crippen molar-refractivity contribution in [3.8, 4) is 16.9 Å². The lowest BCUT2D eigenvalue weighted by Gasteiger charge is -2.12. The van der Waals surface area contributed by atoms with E-state index in [1.165, 1.54) is 18.5 Å². The van der Waals surface area contributed by atoms with Crippen molar-refractivity contribution in [1.29, 1.82) is 0 Å². The van der Waals surface area contributed by atoms with Gasteiger partial charge in [0.05, 0.1) is 23.1 Å². The van der Waals surface area contributed by atoms with Gasteiger partial charge in [0.2, 0.25) is 0 Å². The number of aromatic amines is 1. The summed E-state index contributed by atoms with van der Waals surface area (Å²) >= 11 is 0. The normalized spacial score (nSPS) is 11.8. The number of nitrogens with one attached hydrogen (secondary N) is 1. The van der Waals surface area contributed by atoms with E-state index in [2.05, 4.69) is 15.3 Å². The van der Waals surface area contributed by atoms with Crippen LogP contribution in [0.3, 0.4) is 0 Å². The Balaban J connectivity index is 2.23. The molecule has 3 aromatic rings. The smallest absolute Gasteiger partial charge is 0.278 e. The number of rotatable bonds is 2. The second kappa shape index (κ2) is 4.52. The molecule has 0 saturated heterocycles. The first kappa shape index (κ1) is 12.5. The highest BCUT2D eigenvalue weighted by molar-refractivity contribution is 5.62. The van der Waals surface area contributed by atoms with Crippen LogP contribution in [0.25, 0.3) is 16.9 Å². The number of aromatic nitrogens is 4. The van der Waals surface area contributed by atoms with Crippen LogP contribution < -0.4 is 0 Å². The van der Waals surface area contributed by atoms with Gasteiger partial charge >= 0.3 is 6.18 Å². The van der Waals surface area contributed by atoms with E-state index in [0.717, 1.165) is 4.68 Å². The molecule has 0 aliphatic carbocycles. The highest BCUT2D eigenvalue weighted by Crippen LogP contribution is 2.37. The van der Waals surface area contributed by atoms with Crippen LogP contribution in [0.5, 0.6) is 0 Å². The lowest BCUT2D eigenvalue weighted by Crippen LogP contribution is -2.14. The summed E-state index contributed by atoms with van der Waals surface area (Å²) in [5.41, 5.74) is -0.225. The third-order valence-corrected chi connectivity index (χ3v) is 2.83. The monoisotopic (exact) mass is 278 g/mol. The second-order valence-electron chi connectivity index (χ2n) is 4.12. The molecule has 0 atom stereocenters. The van der Waals surface area contributed by atoms with Crippen LogP contribution in [0.4, 0.5) is 13.2 Å². The zero-order chi connectivity index (χ0) is 14.2. The van der Waals surface area contributed by atoms with Crippen LogP contribution in [0.2, 0.25) is 0 Å². The zero-order valence-corrected chi connectivity index (χ0v) is 10.1. The van der Waals surface area contributed by atoms with Crippen molar-refractivity contribution in [3.05, 3.63) is 54.5 Å². The van der Waals surface area contributed by atoms with Crippen LogP contribution in [0.15, 0.2) is 48.8 Å². The van der Waals surface area contributed by atoms with Crippen molar-refractivity contribution in [1.82, 2.24) is 20.0 Å². The van der Waals surface area contributed by atoms with Gasteiger partial charge in [-0.15, -0.1) is 0 Å². The van der Waals surface area contributed by atoms with E-state index >= 15 is 0 Å². The molecule has 102 valence electrons. The van der Waals surface area contributed by atoms with Crippen molar-refractivity contribution in [3.63, 3.8) is 0 Å². The fourth-order valence-electron chi connectivity index (χ4n) is 1.99. The van der Waals surface area contributed by atoms with Crippen LogP contribution >= 0.6 is 0 Å². The molecular weight excluding hydrogens is 269 g/mol. The molecule has 0 radical (unpaired) electrons. The molecule has 1 aromatic carbocycles. The molecule has 0 spiro atoms. The fourth-order valence-corrected chi connectivity index (χ4v) is 1.99. The summed E-state index contributed by atoms with van der Waals surface area (Å²) in [7, 11) is 0. The van der Waals surface area contributed by atoms with Gasteiger partial charge in [-0.3, -0.25) is 5.10 Å². The highest BCUT2D eigenvalue weighted by Gasteiger charge is 2.39. The average molecular weight is 278 g/mol. The molecule has 4 nitrogen and oxygen atoms in total. The van der Waals surface area contributed by atoms with Gasteiger partial charge in [0.1, 0.15) is 0 Å². The molecule has 3 rings (SSSR count). The first-order valence-corrected chi connectivity index (χ1v) is 5.78. The summed E-state index contributed by atoms with van der Waals surface area (Å²) in [5.74, 6) is 0. The van der Waals surface area contributed by atoms with E-state index in [1.54, 1.807) is 30.3 Å². The van der Waals surface area contributed by atoms with Gasteiger partial charge in [-0.2, -0.15) is 23.4 Å². The number of H-pyrrole nitrogens is 1. The molecule has 20 heavy (non-hydrogen) atoms. The van der Waals surface area contributed by atoms with Crippen molar-refractivity contribution in [2.45, 2.75) is 6.18 Å². The Bertz CT molecular complexity index is 699. The number of halogens is 3. The third-order valence-electron chi connectivity index (χ3n) is 2.83. The maximum atomic E-state index is 13.3. The zero-order valence-electron chi connectivity index (χ0n) is 10.1. The van der Waals surface area contributed by atoms with E-state index in [0.29, 0.717) is 5.69 Å². The van der Waals surface area contributed by atoms with E-state index in [1.807, 2.05) is 0 Å². The summed E-state index contributed by atoms with van der Waals surface area (Å²) < 4.78 is 40.9. The number of alkyl halides is 3. The molecule has 0 bridgehead atoms. The molecule has 0 aliphatic heterocycles. The van der Waals surface area contributed by atoms with E-state index in [9.17, 15) is 13.2 Å². The molecular formula is C13H9F3N4. The Labute approximate surface area is 111 Å². The third kappa shape index (κ3) is 2.07. The number of para-hydroxylation sites is 1. The molecule has 0 amide bonds. The molecule has 0 aliphatic rings. The number of nitrogens with zero attached hydrogens (tertiary/aromatic N) is 3. The Morgan fingerprint density at radius 2 is 1.80 bits per heavy atom. The van der Waals surface area contributed by atoms with Crippen LogP contribution in [-0.4, -0.2) is 20.0 Å². The standard InChI is InChI=1S/C13H9F3N4/c14-13(15,16)12-10(11-6-7-17-19-11)8-18-20(12)9-4-2-1-3-5-9/h1-8H,(H,17,19). The minimum Gasteiger partial charge on any atom is -0.278 e. The number of hydrogen-bond acceptors (Lipinski definition) is 2. The highest BCUT2D eigenvalue weighted by atomic mass is 19.4. The van der Waals surface area contributed by atoms with Crippen molar-refractivity contribution < 1.29 is 13.2 Å². The van der Waals surface area contributed by atoms with E-state index < -0.39 is 11.9 Å². The van der Waals surface area contributed by atoms with E-state index in [-0.39, 0.29) is 11.3 Å². The van der Waals surface area contributed by atoms with Crippen molar-refractivity contribution in [2.75, 3.05) is 0 Å². The molecule has 0 unspecified atom stereocenters. The van der Waals surface area contributed by atoms with E-state index in [4.69, 9.17) is 0 Å². The van der Waals surface area contributed by atoms with Gasteiger partial charge < -0.3 is 0 Å². The predicted octanol–water partition coefficient (Wildman–Crippen LogP) is 3.28. The quantitative estimate of drug-likeness (QED) is 0.782. The summed E-state index contributed by atoms with van der Waals surface area (Å²) in [6.45, 7) is 0. The first-order valence-electron chi connectivity index (χ1n) is 5.78. The van der Waals surface area contributed by atoms with Gasteiger partial charge in [0, 0.05) is 6.20 Å². The van der Waals surface area contributed by atoms with Gasteiger partial charge in [0.15, 0.2) is 5.69 Å². The Morgan fingerprint density at radius 3 is 2.40 bits per heavy atom. The Hall–Kier alpha value is -2.57. The fraction of sp³-hybridized carbons (Fsp3) is 0.0769. The molecule has 0 saturated carbocycles. The SMILES string of the molecule is FC(F)(F)c1c(-c2ccn[nH]2)cnn1-c1ccccc1. The van der Waals surface area contributed by atoms with Crippen LogP contribution in [0.1, 0.15) is 5.69 Å². The summed E-state index contributed by atoms with van der Waals surface area (Å²) in [4.78, 5) is 0. The van der Waals surface area contributed by atoms with Gasteiger partial charge in [-0.25, -0.2) is 4.68 Å². The lowest BCUT2D eigenvalue weighted by molar-refractivity contribution is -0.142. The molecule has 0 fully saturated rings. The summed E-state index contributed by atoms with van der Waals surface area (Å²) in [6.07, 6.45) is -1.94. The lowest BCUT2D eigenvalue weighted by atomic mass is 10.1. The first-order chi connectivity index (χ1) is 9.57. The summed E-state index contributed by atoms with van der Waals surface area (Å²) in [6, 6.07) is 9.66. The largest absolute Gasteiger partial charge is 0.434 e. The van der Waals surface area contributed by atoms with Gasteiger partial charge in [-0.1, -0.05) is 18.2 Å². The topological polar surface area (TPSA) is 46.5 Å². The average Bonchev–Trinajstić information content (AvgIpc) is 3.08. The minimum absolute atomic E-state index is 0.0288. The number of benzene rings is 1. The Morgan fingerprint density at radius 1 is 1.05 bits per heavy atom.